The zero-order valence-corrected chi connectivity index (χ0v) is 18.1. The van der Waals surface area contributed by atoms with Gasteiger partial charge in [0.25, 0.3) is 5.91 Å². The Balaban J connectivity index is 1.55. The molecule has 0 aliphatic carbocycles. The van der Waals surface area contributed by atoms with Crippen LogP contribution in [0.5, 0.6) is 17.2 Å². The number of anilines is 1. The van der Waals surface area contributed by atoms with Crippen molar-refractivity contribution in [3.63, 3.8) is 0 Å². The van der Waals surface area contributed by atoms with Crippen LogP contribution in [0.15, 0.2) is 64.0 Å². The van der Waals surface area contributed by atoms with E-state index in [0.29, 0.717) is 23.7 Å². The first-order valence-electron chi connectivity index (χ1n) is 9.93. The van der Waals surface area contributed by atoms with Crippen LogP contribution in [-0.2, 0) is 4.79 Å². The first kappa shape index (κ1) is 20.1. The summed E-state index contributed by atoms with van der Waals surface area (Å²) in [6.45, 7) is 6.62. The monoisotopic (exact) mass is 448 g/mol. The Hall–Kier alpha value is -3.85. The fraction of sp³-hybridized carbons (Fsp3) is 0.174. The van der Waals surface area contributed by atoms with Crippen molar-refractivity contribution in [3.8, 4) is 28.5 Å². The third-order valence-electron chi connectivity index (χ3n) is 4.80. The quantitative estimate of drug-likeness (QED) is 0.477. The number of benzene rings is 2. The third-order valence-corrected chi connectivity index (χ3v) is 5.65. The molecule has 0 radical (unpaired) electrons. The highest BCUT2D eigenvalue weighted by atomic mass is 32.1. The van der Waals surface area contributed by atoms with Gasteiger partial charge in [0.15, 0.2) is 18.1 Å². The molecule has 1 aromatic heterocycles. The van der Waals surface area contributed by atoms with E-state index in [0.717, 1.165) is 32.9 Å². The molecule has 0 unspecified atom stereocenters. The van der Waals surface area contributed by atoms with Gasteiger partial charge in [-0.3, -0.25) is 9.79 Å². The van der Waals surface area contributed by atoms with Crippen molar-refractivity contribution >= 4 is 29.1 Å². The number of thiazole rings is 1. The van der Waals surface area contributed by atoms with Crippen molar-refractivity contribution in [2.24, 2.45) is 10.1 Å². The molecule has 8 nitrogen and oxygen atoms in total. The van der Waals surface area contributed by atoms with E-state index in [2.05, 4.69) is 16.9 Å². The zero-order valence-electron chi connectivity index (χ0n) is 17.3. The van der Waals surface area contributed by atoms with Gasteiger partial charge >= 0.3 is 0 Å². The second-order valence-corrected chi connectivity index (χ2v) is 8.23. The fourth-order valence-electron chi connectivity index (χ4n) is 3.28. The average molecular weight is 449 g/mol. The van der Waals surface area contributed by atoms with Gasteiger partial charge in [-0.05, 0) is 48.9 Å². The van der Waals surface area contributed by atoms with E-state index in [1.165, 1.54) is 11.3 Å². The maximum absolute atomic E-state index is 11.7. The van der Waals surface area contributed by atoms with Gasteiger partial charge in [0.05, 0.1) is 24.1 Å². The van der Waals surface area contributed by atoms with Gasteiger partial charge in [-0.15, -0.1) is 11.3 Å². The first-order chi connectivity index (χ1) is 15.6. The number of carbonyl (C=O) groups is 1. The van der Waals surface area contributed by atoms with Crippen molar-refractivity contribution in [1.29, 1.82) is 0 Å². The SMILES string of the molecule is C=C(C)CN=c1scc(-c2ccc3c(c2)NC(=O)CO3)n1N=Cc1ccc2c(c1)OCO2. The summed E-state index contributed by atoms with van der Waals surface area (Å²) in [4.78, 5) is 17.1. The topological polar surface area (TPSA) is 86.4 Å². The standard InChI is InChI=1S/C23H20N4O4S/c1-14(2)9-24-23-27(25-10-15-3-5-20-21(7-15)31-13-30-20)18(12-32-23)16-4-6-19-17(8-16)26-22(28)11-29-19/h3-8,10,12H,1,9,11,13H2,2H3,(H,26,28). The molecule has 162 valence electrons. The summed E-state index contributed by atoms with van der Waals surface area (Å²) in [7, 11) is 0. The summed E-state index contributed by atoms with van der Waals surface area (Å²) in [6, 6.07) is 11.3. The molecule has 9 heteroatoms. The Labute approximate surface area is 188 Å². The molecule has 0 bridgehead atoms. The molecule has 2 aliphatic rings. The van der Waals surface area contributed by atoms with Crippen LogP contribution in [0.25, 0.3) is 11.3 Å². The number of ether oxygens (including phenoxy) is 3. The smallest absolute Gasteiger partial charge is 0.262 e. The summed E-state index contributed by atoms with van der Waals surface area (Å²) < 4.78 is 18.1. The summed E-state index contributed by atoms with van der Waals surface area (Å²) in [5.74, 6) is 1.89. The lowest BCUT2D eigenvalue weighted by Gasteiger charge is -2.18. The van der Waals surface area contributed by atoms with Gasteiger partial charge in [-0.25, -0.2) is 4.68 Å². The number of hydrogen-bond donors (Lipinski definition) is 1. The van der Waals surface area contributed by atoms with Crippen molar-refractivity contribution in [3.05, 3.63) is 64.3 Å². The van der Waals surface area contributed by atoms with Gasteiger partial charge in [0, 0.05) is 10.9 Å². The molecule has 0 saturated heterocycles. The van der Waals surface area contributed by atoms with Crippen LogP contribution in [0.3, 0.4) is 0 Å². The van der Waals surface area contributed by atoms with Gasteiger partial charge in [-0.2, -0.15) is 5.10 Å². The number of hydrogen-bond acceptors (Lipinski definition) is 7. The molecule has 0 fully saturated rings. The van der Waals surface area contributed by atoms with Crippen molar-refractivity contribution in [2.45, 2.75) is 6.92 Å². The number of rotatable bonds is 5. The minimum absolute atomic E-state index is 0.0224. The molecular weight excluding hydrogens is 428 g/mol. The molecular formula is C23H20N4O4S. The minimum Gasteiger partial charge on any atom is -0.482 e. The van der Waals surface area contributed by atoms with Crippen LogP contribution in [0.1, 0.15) is 12.5 Å². The molecule has 1 N–H and O–H groups in total. The van der Waals surface area contributed by atoms with E-state index < -0.39 is 0 Å². The van der Waals surface area contributed by atoms with E-state index in [-0.39, 0.29) is 19.3 Å². The Morgan fingerprint density at radius 2 is 2.03 bits per heavy atom. The highest BCUT2D eigenvalue weighted by molar-refractivity contribution is 7.07. The number of nitrogens with zero attached hydrogens (tertiary/aromatic N) is 3. The van der Waals surface area contributed by atoms with Crippen molar-refractivity contribution in [1.82, 2.24) is 4.68 Å². The molecule has 3 aromatic rings. The van der Waals surface area contributed by atoms with Gasteiger partial charge in [-0.1, -0.05) is 12.2 Å². The Morgan fingerprint density at radius 3 is 2.91 bits per heavy atom. The Bertz CT molecular complexity index is 1320. The summed E-state index contributed by atoms with van der Waals surface area (Å²) in [5.41, 5.74) is 4.19. The van der Waals surface area contributed by atoms with Gasteiger partial charge in [0.2, 0.25) is 11.6 Å². The van der Waals surface area contributed by atoms with Crippen molar-refractivity contribution in [2.75, 3.05) is 25.3 Å². The predicted octanol–water partition coefficient (Wildman–Crippen LogP) is 3.64. The molecule has 0 atom stereocenters. The van der Waals surface area contributed by atoms with Crippen molar-refractivity contribution < 1.29 is 19.0 Å². The second-order valence-electron chi connectivity index (χ2n) is 7.39. The number of carbonyl (C=O) groups excluding carboxylic acids is 1. The highest BCUT2D eigenvalue weighted by Gasteiger charge is 2.18. The molecule has 2 aromatic carbocycles. The normalized spacial score (nSPS) is 14.9. The van der Waals surface area contributed by atoms with E-state index in [4.69, 9.17) is 19.3 Å². The first-order valence-corrected chi connectivity index (χ1v) is 10.8. The lowest BCUT2D eigenvalue weighted by molar-refractivity contribution is -0.118. The highest BCUT2D eigenvalue weighted by Crippen LogP contribution is 2.33. The van der Waals surface area contributed by atoms with Gasteiger partial charge < -0.3 is 19.5 Å². The maximum Gasteiger partial charge on any atom is 0.262 e. The maximum atomic E-state index is 11.7. The molecule has 2 aliphatic heterocycles. The van der Waals surface area contributed by atoms with Crippen LogP contribution in [0.4, 0.5) is 5.69 Å². The van der Waals surface area contributed by atoms with Crippen LogP contribution >= 0.6 is 11.3 Å². The Kier molecular flexibility index (Phi) is 5.24. The predicted molar refractivity (Wildman–Crippen MR) is 123 cm³/mol. The molecule has 3 heterocycles. The molecule has 0 spiro atoms. The Morgan fingerprint density at radius 1 is 1.19 bits per heavy atom. The number of aromatic nitrogens is 1. The summed E-state index contributed by atoms with van der Waals surface area (Å²) in [6.07, 6.45) is 1.75. The van der Waals surface area contributed by atoms with Crippen LogP contribution in [0.2, 0.25) is 0 Å². The minimum atomic E-state index is -0.175. The lowest BCUT2D eigenvalue weighted by Crippen LogP contribution is -2.25. The second kappa shape index (κ2) is 8.35. The summed E-state index contributed by atoms with van der Waals surface area (Å²) >= 11 is 1.48. The van der Waals surface area contributed by atoms with E-state index in [1.807, 2.05) is 48.7 Å². The molecule has 5 rings (SSSR count). The van der Waals surface area contributed by atoms with Crippen LogP contribution in [-0.4, -0.2) is 36.7 Å². The van der Waals surface area contributed by atoms with E-state index in [9.17, 15) is 4.79 Å². The van der Waals surface area contributed by atoms with Crippen LogP contribution in [0, 0.1) is 0 Å². The zero-order chi connectivity index (χ0) is 22.1. The number of nitrogens with one attached hydrogen (secondary N) is 1. The largest absolute Gasteiger partial charge is 0.482 e. The fourth-order valence-corrected chi connectivity index (χ4v) is 4.12. The van der Waals surface area contributed by atoms with Crippen LogP contribution < -0.4 is 24.3 Å². The third kappa shape index (κ3) is 4.02. The molecule has 32 heavy (non-hydrogen) atoms. The number of fused-ring (bicyclic) bond motifs is 2. The molecule has 1 amide bonds. The average Bonchev–Trinajstić information content (AvgIpc) is 3.42. The van der Waals surface area contributed by atoms with Gasteiger partial charge in [0.1, 0.15) is 5.75 Å². The van der Waals surface area contributed by atoms with E-state index >= 15 is 0 Å². The lowest BCUT2D eigenvalue weighted by atomic mass is 10.1. The number of amides is 1. The van der Waals surface area contributed by atoms with E-state index in [1.54, 1.807) is 10.9 Å². The summed E-state index contributed by atoms with van der Waals surface area (Å²) in [5, 5.41) is 9.54. The molecule has 0 saturated carbocycles.